The molecule has 0 bridgehead atoms. The standard InChI is InChI=1S/C18H27F2N3OS/c1-12(2)15(23-9-6-13(3)7-10-23)11-22-16(24)14-5-4-8-21-17(14)25-18(19)20/h4-5,8,12-13,15,18H,6-7,9-11H2,1-3H3,(H,22,24). The number of hydrogen-bond acceptors (Lipinski definition) is 4. The molecule has 0 aromatic carbocycles. The minimum atomic E-state index is -2.60. The van der Waals surface area contributed by atoms with Crippen LogP contribution in [0.5, 0.6) is 0 Å². The van der Waals surface area contributed by atoms with E-state index in [1.807, 2.05) is 0 Å². The van der Waals surface area contributed by atoms with Crippen molar-refractivity contribution in [1.82, 2.24) is 15.2 Å². The summed E-state index contributed by atoms with van der Waals surface area (Å²) in [5.41, 5.74) is 0.211. The first-order valence-corrected chi connectivity index (χ1v) is 9.68. The number of nitrogens with one attached hydrogen (secondary N) is 1. The van der Waals surface area contributed by atoms with E-state index >= 15 is 0 Å². The van der Waals surface area contributed by atoms with Crippen molar-refractivity contribution in [3.8, 4) is 0 Å². The molecule has 4 nitrogen and oxygen atoms in total. The van der Waals surface area contributed by atoms with Crippen LogP contribution in [0.25, 0.3) is 0 Å². The Kier molecular flexibility index (Phi) is 7.62. The molecule has 7 heteroatoms. The van der Waals surface area contributed by atoms with Gasteiger partial charge in [-0.2, -0.15) is 8.78 Å². The summed E-state index contributed by atoms with van der Waals surface area (Å²) in [6.07, 6.45) is 3.78. The molecule has 0 spiro atoms. The summed E-state index contributed by atoms with van der Waals surface area (Å²) in [5.74, 6) is -1.78. The number of amides is 1. The van der Waals surface area contributed by atoms with E-state index in [0.29, 0.717) is 24.2 Å². The van der Waals surface area contributed by atoms with E-state index in [2.05, 4.69) is 36.0 Å². The first-order valence-electron chi connectivity index (χ1n) is 8.80. The van der Waals surface area contributed by atoms with Crippen molar-refractivity contribution in [3.63, 3.8) is 0 Å². The molecule has 0 radical (unpaired) electrons. The largest absolute Gasteiger partial charge is 0.350 e. The maximum atomic E-state index is 12.6. The first-order chi connectivity index (χ1) is 11.9. The van der Waals surface area contributed by atoms with Crippen molar-refractivity contribution in [3.05, 3.63) is 23.9 Å². The summed E-state index contributed by atoms with van der Waals surface area (Å²) >= 11 is 0.307. The van der Waals surface area contributed by atoms with Gasteiger partial charge >= 0.3 is 0 Å². The predicted molar refractivity (Wildman–Crippen MR) is 97.0 cm³/mol. The van der Waals surface area contributed by atoms with Gasteiger partial charge in [-0.1, -0.05) is 20.8 Å². The third-order valence-electron chi connectivity index (χ3n) is 4.75. The Bertz CT molecular complexity index is 563. The maximum absolute atomic E-state index is 12.6. The van der Waals surface area contributed by atoms with Gasteiger partial charge in [0.1, 0.15) is 5.03 Å². The highest BCUT2D eigenvalue weighted by Gasteiger charge is 2.26. The smallest absolute Gasteiger partial charge is 0.290 e. The fourth-order valence-corrected chi connectivity index (χ4v) is 3.76. The summed E-state index contributed by atoms with van der Waals surface area (Å²) in [7, 11) is 0. The summed E-state index contributed by atoms with van der Waals surface area (Å²) in [4.78, 5) is 18.8. The predicted octanol–water partition coefficient (Wildman–Crippen LogP) is 3.88. The van der Waals surface area contributed by atoms with Crippen LogP contribution < -0.4 is 5.32 Å². The van der Waals surface area contributed by atoms with Crippen LogP contribution in [0.4, 0.5) is 8.78 Å². The molecular formula is C18H27F2N3OS. The second-order valence-corrected chi connectivity index (χ2v) is 7.95. The van der Waals surface area contributed by atoms with E-state index in [4.69, 9.17) is 0 Å². The Labute approximate surface area is 152 Å². The lowest BCUT2D eigenvalue weighted by molar-refractivity contribution is 0.0860. The van der Waals surface area contributed by atoms with Crippen LogP contribution in [0, 0.1) is 11.8 Å². The number of rotatable bonds is 7. The molecular weight excluding hydrogens is 344 g/mol. The molecule has 1 saturated heterocycles. The van der Waals surface area contributed by atoms with Crippen molar-refractivity contribution < 1.29 is 13.6 Å². The molecule has 140 valence electrons. The van der Waals surface area contributed by atoms with E-state index in [9.17, 15) is 13.6 Å². The van der Waals surface area contributed by atoms with E-state index < -0.39 is 5.76 Å². The van der Waals surface area contributed by atoms with Gasteiger partial charge in [-0.05, 0) is 61.7 Å². The summed E-state index contributed by atoms with van der Waals surface area (Å²) in [6.45, 7) is 9.17. The van der Waals surface area contributed by atoms with Gasteiger partial charge in [-0.15, -0.1) is 0 Å². The highest BCUT2D eigenvalue weighted by atomic mass is 32.2. The van der Waals surface area contributed by atoms with Crippen molar-refractivity contribution >= 4 is 17.7 Å². The lowest BCUT2D eigenvalue weighted by atomic mass is 9.94. The fraction of sp³-hybridized carbons (Fsp3) is 0.667. The van der Waals surface area contributed by atoms with E-state index in [-0.39, 0.29) is 22.5 Å². The quantitative estimate of drug-likeness (QED) is 0.739. The lowest BCUT2D eigenvalue weighted by Crippen LogP contribution is -2.49. The number of nitrogens with zero attached hydrogens (tertiary/aromatic N) is 2. The number of likely N-dealkylation sites (tertiary alicyclic amines) is 1. The van der Waals surface area contributed by atoms with Crippen LogP contribution in [0.3, 0.4) is 0 Å². The molecule has 1 aromatic heterocycles. The molecule has 1 fully saturated rings. The Morgan fingerprint density at radius 1 is 1.40 bits per heavy atom. The molecule has 2 rings (SSSR count). The van der Waals surface area contributed by atoms with E-state index in [0.717, 1.165) is 19.0 Å². The average Bonchev–Trinajstić information content (AvgIpc) is 2.56. The van der Waals surface area contributed by atoms with Gasteiger partial charge in [0.15, 0.2) is 0 Å². The zero-order valence-electron chi connectivity index (χ0n) is 15.0. The maximum Gasteiger partial charge on any atom is 0.290 e. The number of pyridine rings is 1. The average molecular weight is 371 g/mol. The van der Waals surface area contributed by atoms with Crippen LogP contribution in [0.2, 0.25) is 0 Å². The van der Waals surface area contributed by atoms with Crippen LogP contribution in [-0.4, -0.2) is 47.2 Å². The Morgan fingerprint density at radius 3 is 2.68 bits per heavy atom. The van der Waals surface area contributed by atoms with Crippen LogP contribution in [0.1, 0.15) is 44.0 Å². The van der Waals surface area contributed by atoms with Gasteiger partial charge in [0.05, 0.1) is 5.56 Å². The number of thioether (sulfide) groups is 1. The van der Waals surface area contributed by atoms with Crippen molar-refractivity contribution in [2.45, 2.75) is 50.4 Å². The van der Waals surface area contributed by atoms with Gasteiger partial charge in [0.2, 0.25) is 0 Å². The van der Waals surface area contributed by atoms with Crippen molar-refractivity contribution in [2.75, 3.05) is 19.6 Å². The number of hydrogen-bond donors (Lipinski definition) is 1. The minimum Gasteiger partial charge on any atom is -0.350 e. The number of aromatic nitrogens is 1. The molecule has 1 N–H and O–H groups in total. The monoisotopic (exact) mass is 371 g/mol. The van der Waals surface area contributed by atoms with Crippen molar-refractivity contribution in [1.29, 1.82) is 0 Å². The van der Waals surface area contributed by atoms with Gasteiger partial charge in [0.25, 0.3) is 11.7 Å². The molecule has 1 aliphatic rings. The van der Waals surface area contributed by atoms with Crippen molar-refractivity contribution in [2.24, 2.45) is 11.8 Å². The molecule has 1 aromatic rings. The number of alkyl halides is 2. The zero-order chi connectivity index (χ0) is 18.4. The molecule has 1 amide bonds. The second kappa shape index (κ2) is 9.48. The molecule has 0 saturated carbocycles. The third-order valence-corrected chi connectivity index (χ3v) is 5.47. The Morgan fingerprint density at radius 2 is 2.08 bits per heavy atom. The normalized spacial score (nSPS) is 17.9. The molecule has 0 aliphatic carbocycles. The fourth-order valence-electron chi connectivity index (χ4n) is 3.18. The zero-order valence-corrected chi connectivity index (χ0v) is 15.9. The number of piperidine rings is 1. The number of carbonyl (C=O) groups is 1. The Balaban J connectivity index is 1.99. The summed E-state index contributed by atoms with van der Waals surface area (Å²) < 4.78 is 25.3. The highest BCUT2D eigenvalue weighted by Crippen LogP contribution is 2.26. The van der Waals surface area contributed by atoms with Crippen LogP contribution >= 0.6 is 11.8 Å². The van der Waals surface area contributed by atoms with Gasteiger partial charge in [-0.25, -0.2) is 4.98 Å². The summed E-state index contributed by atoms with van der Waals surface area (Å²) in [6, 6.07) is 3.38. The molecule has 1 aliphatic heterocycles. The van der Waals surface area contributed by atoms with E-state index in [1.54, 1.807) is 12.1 Å². The molecule has 1 atom stereocenters. The van der Waals surface area contributed by atoms with Gasteiger partial charge < -0.3 is 5.32 Å². The third kappa shape index (κ3) is 5.92. The van der Waals surface area contributed by atoms with Crippen LogP contribution in [0.15, 0.2) is 23.4 Å². The SMILES string of the molecule is CC1CCN(C(CNC(=O)c2cccnc2SC(F)F)C(C)C)CC1. The molecule has 2 heterocycles. The van der Waals surface area contributed by atoms with Gasteiger partial charge in [-0.3, -0.25) is 9.69 Å². The lowest BCUT2D eigenvalue weighted by Gasteiger charge is -2.38. The molecule has 1 unspecified atom stereocenters. The van der Waals surface area contributed by atoms with E-state index in [1.165, 1.54) is 19.0 Å². The second-order valence-electron chi connectivity index (χ2n) is 6.97. The molecule has 25 heavy (non-hydrogen) atoms. The Hall–Kier alpha value is -1.21. The van der Waals surface area contributed by atoms with Gasteiger partial charge in [0, 0.05) is 18.8 Å². The first kappa shape index (κ1) is 20.1. The topological polar surface area (TPSA) is 45.2 Å². The van der Waals surface area contributed by atoms with Crippen LogP contribution in [-0.2, 0) is 0 Å². The summed E-state index contributed by atoms with van der Waals surface area (Å²) in [5, 5.41) is 3.00. The number of carbonyl (C=O) groups excluding carboxylic acids is 1. The number of halogens is 2. The minimum absolute atomic E-state index is 0.0721. The highest BCUT2D eigenvalue weighted by molar-refractivity contribution is 7.99.